The van der Waals surface area contributed by atoms with Crippen molar-refractivity contribution in [2.45, 2.75) is 0 Å². The van der Waals surface area contributed by atoms with Gasteiger partial charge in [-0.2, -0.15) is 0 Å². The van der Waals surface area contributed by atoms with Crippen LogP contribution in [0.4, 0.5) is 0 Å². The van der Waals surface area contributed by atoms with Gasteiger partial charge in [-0.05, 0) is 0 Å². The van der Waals surface area contributed by atoms with Crippen LogP contribution in [0.3, 0.4) is 0 Å². The summed E-state index contributed by atoms with van der Waals surface area (Å²) in [7, 11) is 0. The van der Waals surface area contributed by atoms with Gasteiger partial charge >= 0.3 is 76.9 Å². The second-order valence-corrected chi connectivity index (χ2v) is 1.72. The average molecular weight is 544 g/mol. The molecule has 0 fully saturated rings. The number of hydrogen-bond acceptors (Lipinski definition) is 12. The van der Waals surface area contributed by atoms with Crippen molar-refractivity contribution >= 4 is 35.8 Å². The largest absolute Gasteiger partial charge is 3.00 e. The molecular formula is C6LaO12Pr. The molecule has 0 rings (SSSR count). The number of hydrogen-bond donors (Lipinski definition) is 0. The van der Waals surface area contributed by atoms with Crippen LogP contribution >= 0.6 is 0 Å². The van der Waals surface area contributed by atoms with E-state index < -0.39 is 35.8 Å². The van der Waals surface area contributed by atoms with Crippen LogP contribution in [0.5, 0.6) is 0 Å². The molecule has 12 nitrogen and oxygen atoms in total. The molecule has 14 heteroatoms. The molecule has 0 amide bonds. The summed E-state index contributed by atoms with van der Waals surface area (Å²) in [5.41, 5.74) is 0. The molecule has 0 aromatic rings. The third-order valence-electron chi connectivity index (χ3n) is 0.500. The summed E-state index contributed by atoms with van der Waals surface area (Å²) >= 11 is 0. The van der Waals surface area contributed by atoms with Gasteiger partial charge in [0.05, 0.1) is 35.8 Å². The monoisotopic (exact) mass is 544 g/mol. The zero-order valence-corrected chi connectivity index (χ0v) is 16.4. The van der Waals surface area contributed by atoms with Crippen LogP contribution in [0.1, 0.15) is 0 Å². The van der Waals surface area contributed by atoms with Gasteiger partial charge in [-0.3, -0.25) is 0 Å². The molecule has 102 valence electrons. The van der Waals surface area contributed by atoms with E-state index >= 15 is 0 Å². The van der Waals surface area contributed by atoms with Crippen molar-refractivity contribution in [2.75, 3.05) is 0 Å². The quantitative estimate of drug-likeness (QED) is 0.258. The van der Waals surface area contributed by atoms with Gasteiger partial charge in [-0.1, -0.05) is 0 Å². The van der Waals surface area contributed by atoms with E-state index in [1.807, 2.05) is 0 Å². The van der Waals surface area contributed by atoms with E-state index in [2.05, 4.69) is 0 Å². The smallest absolute Gasteiger partial charge is 0.543 e. The maximum atomic E-state index is 8.93. The molecule has 0 atom stereocenters. The van der Waals surface area contributed by atoms with Crippen molar-refractivity contribution in [1.29, 1.82) is 0 Å². The van der Waals surface area contributed by atoms with Gasteiger partial charge < -0.3 is 59.4 Å². The molecule has 0 aromatic carbocycles. The van der Waals surface area contributed by atoms with Crippen LogP contribution in [0, 0.1) is 76.9 Å². The predicted molar refractivity (Wildman–Crippen MR) is 30.0 cm³/mol. The summed E-state index contributed by atoms with van der Waals surface area (Å²) < 4.78 is 0. The van der Waals surface area contributed by atoms with Crippen LogP contribution in [0.15, 0.2) is 0 Å². The van der Waals surface area contributed by atoms with Crippen molar-refractivity contribution in [3.05, 3.63) is 0 Å². The molecule has 0 aromatic heterocycles. The summed E-state index contributed by atoms with van der Waals surface area (Å²) in [5.74, 6) is -13.1. The zero-order chi connectivity index (χ0) is 15.5. The Labute approximate surface area is 170 Å². The van der Waals surface area contributed by atoms with Gasteiger partial charge in [0.25, 0.3) is 0 Å². The molecule has 0 N–H and O–H groups in total. The van der Waals surface area contributed by atoms with Crippen LogP contribution < -0.4 is 30.6 Å². The standard InChI is InChI=1S/3C2H2O4.La.Pr/c3*3-1(4)2(5)6;;/h3*(H,3,4)(H,5,6);;/q;;;2*+3/p-6. The minimum absolute atomic E-state index is 0. The van der Waals surface area contributed by atoms with Gasteiger partial charge in [-0.25, -0.2) is 0 Å². The van der Waals surface area contributed by atoms with E-state index in [0.29, 0.717) is 0 Å². The van der Waals surface area contributed by atoms with Crippen LogP contribution in [0.2, 0.25) is 0 Å². The SMILES string of the molecule is O=C([O-])C(=O)[O-].O=C([O-])C(=O)[O-].O=C([O-])C(=O)[O-].[La+3].[Pr+3]. The summed E-state index contributed by atoms with van der Waals surface area (Å²) in [4.78, 5) is 53.6. The zero-order valence-electron chi connectivity index (χ0n) is 9.05. The third kappa shape index (κ3) is 36.0. The third-order valence-corrected chi connectivity index (χ3v) is 0.500. The Kier molecular flexibility index (Phi) is 29.1. The van der Waals surface area contributed by atoms with Crippen molar-refractivity contribution in [2.24, 2.45) is 0 Å². The number of carbonyl (C=O) groups excluding carboxylic acids is 6. The van der Waals surface area contributed by atoms with E-state index in [-0.39, 0.29) is 76.9 Å². The molecule has 0 aliphatic rings. The van der Waals surface area contributed by atoms with Crippen molar-refractivity contribution in [1.82, 2.24) is 0 Å². The Balaban J connectivity index is -0.0000000536. The molecule has 20 heavy (non-hydrogen) atoms. The molecule has 0 saturated heterocycles. The fourth-order valence-corrected chi connectivity index (χ4v) is 0. The normalized spacial score (nSPS) is 6.60. The fraction of sp³-hybridized carbons (Fsp3) is 0. The fourth-order valence-electron chi connectivity index (χ4n) is 0. The minimum Gasteiger partial charge on any atom is -0.543 e. The van der Waals surface area contributed by atoms with E-state index in [4.69, 9.17) is 59.4 Å². The summed E-state index contributed by atoms with van der Waals surface area (Å²) in [6.45, 7) is 0. The van der Waals surface area contributed by atoms with Gasteiger partial charge in [0, 0.05) is 0 Å². The van der Waals surface area contributed by atoms with Gasteiger partial charge in [0.2, 0.25) is 0 Å². The minimum atomic E-state index is -2.19. The number of aliphatic carboxylic acids is 6. The Hall–Kier alpha value is -0.622. The van der Waals surface area contributed by atoms with Crippen LogP contribution in [0.25, 0.3) is 0 Å². The maximum Gasteiger partial charge on any atom is 3.00 e. The first-order valence-electron chi connectivity index (χ1n) is 3.20. The molecule has 0 saturated carbocycles. The molecule has 0 aliphatic heterocycles. The second-order valence-electron chi connectivity index (χ2n) is 1.72. The topological polar surface area (TPSA) is 241 Å². The summed E-state index contributed by atoms with van der Waals surface area (Å²) in [6.07, 6.45) is 0. The first-order chi connectivity index (χ1) is 7.93. The van der Waals surface area contributed by atoms with Crippen LogP contribution in [-0.4, -0.2) is 35.8 Å². The number of rotatable bonds is 0. The Bertz CT molecular complexity index is 283. The van der Waals surface area contributed by atoms with Gasteiger partial charge in [0.15, 0.2) is 0 Å². The van der Waals surface area contributed by atoms with Gasteiger partial charge in [0.1, 0.15) is 0 Å². The summed E-state index contributed by atoms with van der Waals surface area (Å²) in [6, 6.07) is 0. The van der Waals surface area contributed by atoms with E-state index in [9.17, 15) is 0 Å². The first kappa shape index (κ1) is 31.7. The Morgan fingerprint density at radius 3 is 0.450 bits per heavy atom. The van der Waals surface area contributed by atoms with E-state index in [1.165, 1.54) is 0 Å². The number of carboxylic acid groups (broad SMARTS) is 6. The molecule has 0 radical (unpaired) electrons. The number of carboxylic acids is 6. The molecule has 0 bridgehead atoms. The van der Waals surface area contributed by atoms with E-state index in [1.54, 1.807) is 0 Å². The Morgan fingerprint density at radius 2 is 0.450 bits per heavy atom. The molecule has 0 unspecified atom stereocenters. The first-order valence-corrected chi connectivity index (χ1v) is 3.20. The second kappa shape index (κ2) is 18.4. The molecule has 0 heterocycles. The van der Waals surface area contributed by atoms with Crippen LogP contribution in [-0.2, 0) is 28.8 Å². The average Bonchev–Trinajstić information content (AvgIpc) is 2.18. The van der Waals surface area contributed by atoms with Crippen molar-refractivity contribution in [3.63, 3.8) is 0 Å². The van der Waals surface area contributed by atoms with Gasteiger partial charge in [-0.15, -0.1) is 0 Å². The molecule has 0 spiro atoms. The predicted octanol–water partition coefficient (Wildman–Crippen LogP) is -10.5. The molecule has 0 aliphatic carbocycles. The van der Waals surface area contributed by atoms with Crippen molar-refractivity contribution in [3.8, 4) is 0 Å². The summed E-state index contributed by atoms with van der Waals surface area (Å²) in [5, 5.41) is 53.6. The molecular weight excluding hydrogens is 544 g/mol. The van der Waals surface area contributed by atoms with E-state index in [0.717, 1.165) is 0 Å². The van der Waals surface area contributed by atoms with Crippen molar-refractivity contribution < 1.29 is 136 Å². The Morgan fingerprint density at radius 1 is 0.400 bits per heavy atom. The maximum absolute atomic E-state index is 8.93. The number of carbonyl (C=O) groups is 6.